The van der Waals surface area contributed by atoms with Crippen LogP contribution in [0.4, 0.5) is 0 Å². The van der Waals surface area contributed by atoms with E-state index in [-0.39, 0.29) is 11.9 Å². The van der Waals surface area contributed by atoms with Crippen molar-refractivity contribution in [2.45, 2.75) is 38.6 Å². The molecule has 1 N–H and O–H groups in total. The number of ether oxygens (including phenoxy) is 1. The summed E-state index contributed by atoms with van der Waals surface area (Å²) in [6.45, 7) is 2.58. The number of rotatable bonds is 4. The van der Waals surface area contributed by atoms with Crippen molar-refractivity contribution in [2.75, 3.05) is 6.61 Å². The van der Waals surface area contributed by atoms with E-state index in [0.717, 1.165) is 31.4 Å². The number of carbonyl (C=O) groups is 1. The summed E-state index contributed by atoms with van der Waals surface area (Å²) in [5.74, 6) is 0.796. The summed E-state index contributed by atoms with van der Waals surface area (Å²) in [7, 11) is 0. The Morgan fingerprint density at radius 2 is 1.87 bits per heavy atom. The molecule has 0 spiro atoms. The van der Waals surface area contributed by atoms with Gasteiger partial charge < -0.3 is 10.1 Å². The highest BCUT2D eigenvalue weighted by molar-refractivity contribution is 5.94. The third kappa shape index (κ3) is 3.92. The monoisotopic (exact) mass is 309 g/mol. The molecule has 0 fully saturated rings. The molecular formula is C20H23NO2. The van der Waals surface area contributed by atoms with Crippen LogP contribution in [0.5, 0.6) is 5.75 Å². The van der Waals surface area contributed by atoms with Crippen LogP contribution in [0, 0.1) is 0 Å². The van der Waals surface area contributed by atoms with Crippen molar-refractivity contribution in [1.29, 1.82) is 0 Å². The lowest BCUT2D eigenvalue weighted by atomic mass is 10.0. The van der Waals surface area contributed by atoms with Gasteiger partial charge in [-0.1, -0.05) is 24.3 Å². The molecule has 0 saturated carbocycles. The highest BCUT2D eigenvalue weighted by atomic mass is 16.5. The minimum Gasteiger partial charge on any atom is -0.494 e. The molecule has 23 heavy (non-hydrogen) atoms. The Bertz CT molecular complexity index is 664. The molecule has 1 atom stereocenters. The van der Waals surface area contributed by atoms with Gasteiger partial charge in [-0.05, 0) is 68.0 Å². The number of fused-ring (bicyclic) bond motifs is 1. The second-order valence-electron chi connectivity index (χ2n) is 5.99. The van der Waals surface area contributed by atoms with Gasteiger partial charge in [0, 0.05) is 11.6 Å². The molecule has 2 aromatic carbocycles. The minimum absolute atomic E-state index is 0.00238. The van der Waals surface area contributed by atoms with Gasteiger partial charge in [-0.2, -0.15) is 0 Å². The van der Waals surface area contributed by atoms with E-state index in [4.69, 9.17) is 4.74 Å². The maximum absolute atomic E-state index is 12.5. The van der Waals surface area contributed by atoms with Crippen LogP contribution in [-0.4, -0.2) is 18.6 Å². The maximum atomic E-state index is 12.5. The molecule has 1 aliphatic rings. The Kier molecular flexibility index (Phi) is 4.96. The van der Waals surface area contributed by atoms with Crippen molar-refractivity contribution in [3.8, 4) is 5.75 Å². The van der Waals surface area contributed by atoms with E-state index >= 15 is 0 Å². The quantitative estimate of drug-likeness (QED) is 0.873. The number of carbonyl (C=O) groups excluding carboxylic acids is 1. The number of benzene rings is 2. The van der Waals surface area contributed by atoms with Gasteiger partial charge in [0.1, 0.15) is 5.75 Å². The molecule has 3 nitrogen and oxygen atoms in total. The predicted octanol–water partition coefficient (Wildman–Crippen LogP) is 3.76. The average Bonchev–Trinajstić information content (AvgIpc) is 2.77. The summed E-state index contributed by atoms with van der Waals surface area (Å²) in [5, 5.41) is 3.19. The zero-order chi connectivity index (χ0) is 16.1. The van der Waals surface area contributed by atoms with Crippen LogP contribution in [0.1, 0.15) is 41.3 Å². The van der Waals surface area contributed by atoms with Crippen molar-refractivity contribution in [3.63, 3.8) is 0 Å². The first kappa shape index (κ1) is 15.6. The molecule has 0 aromatic heterocycles. The zero-order valence-electron chi connectivity index (χ0n) is 13.5. The summed E-state index contributed by atoms with van der Waals surface area (Å²) in [4.78, 5) is 12.5. The summed E-state index contributed by atoms with van der Waals surface area (Å²) in [5.41, 5.74) is 3.47. The molecule has 2 aromatic rings. The van der Waals surface area contributed by atoms with Crippen molar-refractivity contribution in [3.05, 3.63) is 65.2 Å². The average molecular weight is 309 g/mol. The van der Waals surface area contributed by atoms with Gasteiger partial charge in [0.25, 0.3) is 5.91 Å². The number of nitrogens with one attached hydrogen (secondary N) is 1. The molecular weight excluding hydrogens is 286 g/mol. The normalized spacial score (nSPS) is 17.0. The second kappa shape index (κ2) is 7.32. The maximum Gasteiger partial charge on any atom is 0.251 e. The minimum atomic E-state index is -0.00238. The molecule has 0 saturated heterocycles. The van der Waals surface area contributed by atoms with Crippen LogP contribution < -0.4 is 10.1 Å². The van der Waals surface area contributed by atoms with Crippen LogP contribution >= 0.6 is 0 Å². The lowest BCUT2D eigenvalue weighted by Gasteiger charge is -2.17. The first-order valence-corrected chi connectivity index (χ1v) is 8.37. The van der Waals surface area contributed by atoms with Crippen LogP contribution in [-0.2, 0) is 12.8 Å². The van der Waals surface area contributed by atoms with Crippen molar-refractivity contribution >= 4 is 5.91 Å². The fraction of sp³-hybridized carbons (Fsp3) is 0.350. The number of amides is 1. The number of hydrogen-bond donors (Lipinski definition) is 1. The molecule has 0 bridgehead atoms. The fourth-order valence-electron chi connectivity index (χ4n) is 3.17. The van der Waals surface area contributed by atoms with E-state index < -0.39 is 0 Å². The first-order chi connectivity index (χ1) is 11.3. The van der Waals surface area contributed by atoms with E-state index in [1.165, 1.54) is 11.1 Å². The van der Waals surface area contributed by atoms with Crippen molar-refractivity contribution in [2.24, 2.45) is 0 Å². The Morgan fingerprint density at radius 1 is 1.13 bits per heavy atom. The Balaban J connectivity index is 1.65. The van der Waals surface area contributed by atoms with Gasteiger partial charge in [-0.25, -0.2) is 0 Å². The van der Waals surface area contributed by atoms with Gasteiger partial charge >= 0.3 is 0 Å². The predicted molar refractivity (Wildman–Crippen MR) is 91.9 cm³/mol. The lowest BCUT2D eigenvalue weighted by Crippen LogP contribution is -2.36. The summed E-state index contributed by atoms with van der Waals surface area (Å²) in [6, 6.07) is 16.1. The largest absolute Gasteiger partial charge is 0.494 e. The van der Waals surface area contributed by atoms with Gasteiger partial charge in [0.15, 0.2) is 0 Å². The molecule has 0 radical (unpaired) electrons. The van der Waals surface area contributed by atoms with Gasteiger partial charge in [-0.3, -0.25) is 4.79 Å². The molecule has 120 valence electrons. The molecule has 1 amide bonds. The molecule has 0 heterocycles. The van der Waals surface area contributed by atoms with Gasteiger partial charge in [0.05, 0.1) is 6.61 Å². The zero-order valence-corrected chi connectivity index (χ0v) is 13.5. The third-order valence-corrected chi connectivity index (χ3v) is 4.35. The highest BCUT2D eigenvalue weighted by Crippen LogP contribution is 2.21. The van der Waals surface area contributed by atoms with E-state index in [1.807, 2.05) is 31.2 Å². The molecule has 1 unspecified atom stereocenters. The topological polar surface area (TPSA) is 38.3 Å². The molecule has 3 rings (SSSR count). The summed E-state index contributed by atoms with van der Waals surface area (Å²) >= 11 is 0. The van der Waals surface area contributed by atoms with Crippen molar-refractivity contribution < 1.29 is 9.53 Å². The van der Waals surface area contributed by atoms with E-state index in [2.05, 4.69) is 29.6 Å². The third-order valence-electron chi connectivity index (χ3n) is 4.35. The summed E-state index contributed by atoms with van der Waals surface area (Å²) < 4.78 is 5.41. The Labute approximate surface area is 137 Å². The van der Waals surface area contributed by atoms with E-state index in [1.54, 1.807) is 0 Å². The van der Waals surface area contributed by atoms with Crippen LogP contribution in [0.15, 0.2) is 48.5 Å². The van der Waals surface area contributed by atoms with Crippen LogP contribution in [0.3, 0.4) is 0 Å². The SMILES string of the molecule is CCOc1ccc(C(=O)NC2CCCc3ccccc3C2)cc1. The number of hydrogen-bond acceptors (Lipinski definition) is 2. The smallest absolute Gasteiger partial charge is 0.251 e. The molecule has 0 aliphatic heterocycles. The van der Waals surface area contributed by atoms with E-state index in [9.17, 15) is 4.79 Å². The van der Waals surface area contributed by atoms with Crippen molar-refractivity contribution in [1.82, 2.24) is 5.32 Å². The lowest BCUT2D eigenvalue weighted by molar-refractivity contribution is 0.0935. The van der Waals surface area contributed by atoms with Crippen LogP contribution in [0.25, 0.3) is 0 Å². The van der Waals surface area contributed by atoms with Crippen LogP contribution in [0.2, 0.25) is 0 Å². The Hall–Kier alpha value is -2.29. The molecule has 1 aliphatic carbocycles. The molecule has 3 heteroatoms. The summed E-state index contributed by atoms with van der Waals surface area (Å²) in [6.07, 6.45) is 4.16. The van der Waals surface area contributed by atoms with Gasteiger partial charge in [0.2, 0.25) is 0 Å². The Morgan fingerprint density at radius 3 is 2.61 bits per heavy atom. The van der Waals surface area contributed by atoms with E-state index in [0.29, 0.717) is 12.2 Å². The fourth-order valence-corrected chi connectivity index (χ4v) is 3.17. The standard InChI is InChI=1S/C20H23NO2/c1-2-23-19-12-10-16(11-13-19)20(22)21-18-9-5-8-15-6-3-4-7-17(15)14-18/h3-4,6-7,10-13,18H,2,5,8-9,14H2,1H3,(H,21,22). The van der Waals surface area contributed by atoms with Gasteiger partial charge in [-0.15, -0.1) is 0 Å². The number of aryl methyl sites for hydroxylation is 1. The second-order valence-corrected chi connectivity index (χ2v) is 5.99. The first-order valence-electron chi connectivity index (χ1n) is 8.37. The highest BCUT2D eigenvalue weighted by Gasteiger charge is 2.18.